The number of ether oxygens (including phenoxy) is 2. The van der Waals surface area contributed by atoms with E-state index in [1.165, 1.54) is 38.5 Å². The molecule has 120 valence electrons. The molecule has 3 rings (SSSR count). The summed E-state index contributed by atoms with van der Waals surface area (Å²) in [5.74, 6) is 1.32. The summed E-state index contributed by atoms with van der Waals surface area (Å²) in [4.78, 5) is 12.1. The number of esters is 1. The van der Waals surface area contributed by atoms with Gasteiger partial charge in [-0.2, -0.15) is 0 Å². The fraction of sp³-hybridized carbons (Fsp3) is 0.944. The lowest BCUT2D eigenvalue weighted by atomic mass is 9.59. The Bertz CT molecular complexity index is 371. The number of fused-ring (bicyclic) bond motifs is 1. The monoisotopic (exact) mass is 294 g/mol. The lowest BCUT2D eigenvalue weighted by molar-refractivity contribution is -0.210. The molecule has 1 aliphatic heterocycles. The number of hydrogen-bond acceptors (Lipinski definition) is 3. The summed E-state index contributed by atoms with van der Waals surface area (Å²) < 4.78 is 11.5. The highest BCUT2D eigenvalue weighted by Gasteiger charge is 2.61. The van der Waals surface area contributed by atoms with Crippen molar-refractivity contribution in [1.82, 2.24) is 0 Å². The van der Waals surface area contributed by atoms with Gasteiger partial charge in [0, 0.05) is 24.4 Å². The summed E-state index contributed by atoms with van der Waals surface area (Å²) in [7, 11) is 0. The van der Waals surface area contributed by atoms with Crippen LogP contribution in [0.25, 0.3) is 0 Å². The van der Waals surface area contributed by atoms with E-state index in [0.29, 0.717) is 18.4 Å². The second-order valence-electron chi connectivity index (χ2n) is 7.87. The van der Waals surface area contributed by atoms with Crippen LogP contribution in [-0.2, 0) is 14.3 Å². The van der Waals surface area contributed by atoms with Crippen LogP contribution < -0.4 is 0 Å². The van der Waals surface area contributed by atoms with Crippen LogP contribution >= 0.6 is 0 Å². The highest BCUT2D eigenvalue weighted by molar-refractivity contribution is 5.69. The van der Waals surface area contributed by atoms with Crippen molar-refractivity contribution < 1.29 is 14.3 Å². The molecule has 3 fully saturated rings. The summed E-state index contributed by atoms with van der Waals surface area (Å²) in [6.45, 7) is 5.16. The highest BCUT2D eigenvalue weighted by atomic mass is 16.6. The molecule has 0 aromatic carbocycles. The Morgan fingerprint density at radius 2 is 1.95 bits per heavy atom. The van der Waals surface area contributed by atoms with Gasteiger partial charge in [0.05, 0.1) is 6.10 Å². The van der Waals surface area contributed by atoms with E-state index in [2.05, 4.69) is 13.8 Å². The van der Waals surface area contributed by atoms with Crippen LogP contribution in [0.2, 0.25) is 0 Å². The molecular weight excluding hydrogens is 264 g/mol. The first-order valence-electron chi connectivity index (χ1n) is 8.90. The summed E-state index contributed by atoms with van der Waals surface area (Å²) in [6, 6.07) is 0. The van der Waals surface area contributed by atoms with Crippen LogP contribution in [0.1, 0.15) is 71.6 Å². The maximum atomic E-state index is 12.1. The summed E-state index contributed by atoms with van der Waals surface area (Å²) in [6.07, 6.45) is 11.1. The third-order valence-electron chi connectivity index (χ3n) is 5.97. The summed E-state index contributed by atoms with van der Waals surface area (Å²) >= 11 is 0. The van der Waals surface area contributed by atoms with Crippen LogP contribution in [-0.4, -0.2) is 24.8 Å². The van der Waals surface area contributed by atoms with Gasteiger partial charge < -0.3 is 9.47 Å². The normalized spacial score (nSPS) is 35.0. The maximum Gasteiger partial charge on any atom is 0.306 e. The van der Waals surface area contributed by atoms with Crippen LogP contribution in [0.15, 0.2) is 0 Å². The third kappa shape index (κ3) is 3.13. The van der Waals surface area contributed by atoms with Crippen LogP contribution in [0.3, 0.4) is 0 Å². The van der Waals surface area contributed by atoms with Crippen LogP contribution in [0, 0.1) is 17.3 Å². The molecule has 2 aliphatic carbocycles. The molecule has 2 saturated carbocycles. The standard InChI is InChI=1S/C18H30O3/c1-18(2)16-14(11-12-20-16)17(18)21-15(19)10-6-9-13-7-4-3-5-8-13/h13-14,16-17H,3-12H2,1-2H3/t14-,16+,17+/m0/s1. The largest absolute Gasteiger partial charge is 0.461 e. The minimum Gasteiger partial charge on any atom is -0.461 e. The van der Waals surface area contributed by atoms with Gasteiger partial charge in [-0.3, -0.25) is 4.79 Å². The minimum atomic E-state index is 0.000195. The second kappa shape index (κ2) is 6.28. The number of hydrogen-bond donors (Lipinski definition) is 0. The average Bonchev–Trinajstić information content (AvgIpc) is 2.93. The maximum absolute atomic E-state index is 12.1. The lowest BCUT2D eigenvalue weighted by Gasteiger charge is -2.53. The van der Waals surface area contributed by atoms with Gasteiger partial charge in [0.15, 0.2) is 0 Å². The van der Waals surface area contributed by atoms with Crippen molar-refractivity contribution in [3.63, 3.8) is 0 Å². The highest BCUT2D eigenvalue weighted by Crippen LogP contribution is 2.53. The van der Waals surface area contributed by atoms with Crippen LogP contribution in [0.5, 0.6) is 0 Å². The Labute approximate surface area is 128 Å². The molecule has 0 spiro atoms. The Morgan fingerprint density at radius 3 is 2.71 bits per heavy atom. The first-order chi connectivity index (χ1) is 10.1. The molecule has 3 atom stereocenters. The first-order valence-corrected chi connectivity index (χ1v) is 8.90. The zero-order valence-electron chi connectivity index (χ0n) is 13.6. The van der Waals surface area contributed by atoms with E-state index in [9.17, 15) is 4.79 Å². The van der Waals surface area contributed by atoms with E-state index in [1.54, 1.807) is 0 Å². The minimum absolute atomic E-state index is 0.000195. The SMILES string of the molecule is CC1(C)[C@@H]2OCC[C@@H]2[C@H]1OC(=O)CCCC1CCCCC1. The van der Waals surface area contributed by atoms with Crippen molar-refractivity contribution in [3.8, 4) is 0 Å². The summed E-state index contributed by atoms with van der Waals surface area (Å²) in [5.41, 5.74) is 0.000195. The molecule has 0 N–H and O–H groups in total. The van der Waals surface area contributed by atoms with Gasteiger partial charge in [-0.05, 0) is 25.2 Å². The molecule has 0 aromatic heterocycles. The topological polar surface area (TPSA) is 35.5 Å². The van der Waals surface area contributed by atoms with Crippen molar-refractivity contribution in [2.24, 2.45) is 17.3 Å². The molecule has 3 aliphatic rings. The van der Waals surface area contributed by atoms with Crippen LogP contribution in [0.4, 0.5) is 0 Å². The van der Waals surface area contributed by atoms with Crippen molar-refractivity contribution in [3.05, 3.63) is 0 Å². The van der Waals surface area contributed by atoms with Gasteiger partial charge in [0.1, 0.15) is 6.10 Å². The van der Waals surface area contributed by atoms with Gasteiger partial charge in [-0.15, -0.1) is 0 Å². The lowest BCUT2D eigenvalue weighted by Crippen LogP contribution is -2.61. The van der Waals surface area contributed by atoms with Gasteiger partial charge in [0.2, 0.25) is 0 Å². The van der Waals surface area contributed by atoms with Gasteiger partial charge >= 0.3 is 5.97 Å². The van der Waals surface area contributed by atoms with E-state index in [1.807, 2.05) is 0 Å². The zero-order valence-corrected chi connectivity index (χ0v) is 13.6. The van der Waals surface area contributed by atoms with E-state index in [4.69, 9.17) is 9.47 Å². The Morgan fingerprint density at radius 1 is 1.19 bits per heavy atom. The molecule has 21 heavy (non-hydrogen) atoms. The quantitative estimate of drug-likeness (QED) is 0.716. The fourth-order valence-corrected chi connectivity index (χ4v) is 4.73. The molecule has 0 unspecified atom stereocenters. The Kier molecular flexibility index (Phi) is 4.58. The van der Waals surface area contributed by atoms with Gasteiger partial charge in [0.25, 0.3) is 0 Å². The molecular formula is C18H30O3. The molecule has 3 nitrogen and oxygen atoms in total. The molecule has 1 heterocycles. The molecule has 0 bridgehead atoms. The molecule has 3 heteroatoms. The van der Waals surface area contributed by atoms with E-state index in [0.717, 1.165) is 25.4 Å². The summed E-state index contributed by atoms with van der Waals surface area (Å²) in [5, 5.41) is 0. The number of rotatable bonds is 5. The van der Waals surface area contributed by atoms with Crippen molar-refractivity contribution >= 4 is 5.97 Å². The smallest absolute Gasteiger partial charge is 0.306 e. The fourth-order valence-electron chi connectivity index (χ4n) is 4.73. The molecule has 1 saturated heterocycles. The first kappa shape index (κ1) is 15.3. The third-order valence-corrected chi connectivity index (χ3v) is 5.97. The predicted molar refractivity (Wildman–Crippen MR) is 81.9 cm³/mol. The van der Waals surface area contributed by atoms with E-state index < -0.39 is 0 Å². The van der Waals surface area contributed by atoms with E-state index >= 15 is 0 Å². The van der Waals surface area contributed by atoms with Crippen molar-refractivity contribution in [1.29, 1.82) is 0 Å². The predicted octanol–water partition coefficient (Wildman–Crippen LogP) is 4.09. The number of carbonyl (C=O) groups excluding carboxylic acids is 1. The second-order valence-corrected chi connectivity index (χ2v) is 7.87. The number of carbonyl (C=O) groups is 1. The van der Waals surface area contributed by atoms with Gasteiger partial charge in [-0.1, -0.05) is 46.0 Å². The zero-order chi connectivity index (χ0) is 14.9. The van der Waals surface area contributed by atoms with Gasteiger partial charge in [-0.25, -0.2) is 0 Å². The van der Waals surface area contributed by atoms with E-state index in [-0.39, 0.29) is 17.5 Å². The molecule has 0 aromatic rings. The average molecular weight is 294 g/mol. The molecule has 0 amide bonds. The molecule has 0 radical (unpaired) electrons. The Hall–Kier alpha value is -0.570. The Balaban J connectivity index is 1.38. The van der Waals surface area contributed by atoms with Crippen molar-refractivity contribution in [2.75, 3.05) is 6.61 Å². The van der Waals surface area contributed by atoms with Crippen molar-refractivity contribution in [2.45, 2.75) is 83.8 Å².